The second-order valence-electron chi connectivity index (χ2n) is 7.30. The van der Waals surface area contributed by atoms with Crippen LogP contribution in [0, 0.1) is 16.7 Å². The second kappa shape index (κ2) is 4.14. The molecule has 0 aromatic heterocycles. The molecule has 0 saturated heterocycles. The lowest BCUT2D eigenvalue weighted by atomic mass is 9.49. The van der Waals surface area contributed by atoms with Crippen molar-refractivity contribution >= 4 is 11.6 Å². The van der Waals surface area contributed by atoms with Crippen molar-refractivity contribution in [2.45, 2.75) is 52.6 Å². The van der Waals surface area contributed by atoms with Crippen molar-refractivity contribution in [1.82, 2.24) is 0 Å². The van der Waals surface area contributed by atoms with E-state index in [1.54, 1.807) is 0 Å². The van der Waals surface area contributed by atoms with Crippen molar-refractivity contribution in [3.8, 4) is 0 Å². The van der Waals surface area contributed by atoms with Gasteiger partial charge in [0.05, 0.1) is 6.10 Å². The SMILES string of the molecule is CC1(C)[C@H](O)CC[C@@]2(C)C3=C(CC[C@H]12)C(=O)C(=O)C=C3. The number of aliphatic hydroxyl groups is 1. The van der Waals surface area contributed by atoms with Gasteiger partial charge in [0.25, 0.3) is 0 Å². The first-order valence-corrected chi connectivity index (χ1v) is 7.47. The van der Waals surface area contributed by atoms with Gasteiger partial charge in [-0.15, -0.1) is 0 Å². The molecule has 0 amide bonds. The molecule has 0 spiro atoms. The molecule has 0 unspecified atom stereocenters. The first kappa shape index (κ1) is 13.7. The largest absolute Gasteiger partial charge is 0.393 e. The molecule has 3 rings (SSSR count). The Labute approximate surface area is 119 Å². The summed E-state index contributed by atoms with van der Waals surface area (Å²) in [6.07, 6.45) is 6.19. The van der Waals surface area contributed by atoms with Gasteiger partial charge in [-0.25, -0.2) is 0 Å². The Morgan fingerprint density at radius 3 is 2.55 bits per heavy atom. The van der Waals surface area contributed by atoms with Crippen molar-refractivity contribution in [3.05, 3.63) is 23.3 Å². The monoisotopic (exact) mass is 274 g/mol. The summed E-state index contributed by atoms with van der Waals surface area (Å²) in [5.41, 5.74) is 1.54. The van der Waals surface area contributed by atoms with E-state index in [1.807, 2.05) is 6.08 Å². The molecule has 0 aromatic rings. The summed E-state index contributed by atoms with van der Waals surface area (Å²) in [7, 11) is 0. The van der Waals surface area contributed by atoms with Crippen LogP contribution in [0.1, 0.15) is 46.5 Å². The van der Waals surface area contributed by atoms with Gasteiger partial charge < -0.3 is 5.11 Å². The maximum atomic E-state index is 12.1. The zero-order valence-corrected chi connectivity index (χ0v) is 12.4. The number of allylic oxidation sites excluding steroid dienone is 4. The number of rotatable bonds is 0. The van der Waals surface area contributed by atoms with Gasteiger partial charge in [-0.2, -0.15) is 0 Å². The number of carbonyl (C=O) groups is 2. The Kier molecular flexibility index (Phi) is 2.85. The van der Waals surface area contributed by atoms with E-state index in [1.165, 1.54) is 6.08 Å². The second-order valence-corrected chi connectivity index (χ2v) is 7.30. The molecule has 0 radical (unpaired) electrons. The van der Waals surface area contributed by atoms with E-state index in [0.717, 1.165) is 30.4 Å². The molecule has 3 nitrogen and oxygen atoms in total. The number of carbonyl (C=O) groups excluding carboxylic acids is 2. The van der Waals surface area contributed by atoms with Crippen LogP contribution in [0.15, 0.2) is 23.3 Å². The summed E-state index contributed by atoms with van der Waals surface area (Å²) in [5.74, 6) is -0.352. The van der Waals surface area contributed by atoms with Gasteiger partial charge in [0.1, 0.15) is 0 Å². The number of ketones is 2. The van der Waals surface area contributed by atoms with E-state index in [2.05, 4.69) is 20.8 Å². The van der Waals surface area contributed by atoms with E-state index in [4.69, 9.17) is 0 Å². The highest BCUT2D eigenvalue weighted by Crippen LogP contribution is 2.60. The fourth-order valence-corrected chi connectivity index (χ4v) is 4.73. The molecule has 3 heteroatoms. The van der Waals surface area contributed by atoms with Gasteiger partial charge in [-0.3, -0.25) is 9.59 Å². The first-order chi connectivity index (χ1) is 9.28. The van der Waals surface area contributed by atoms with E-state index < -0.39 is 0 Å². The standard InChI is InChI=1S/C17H22O3/c1-16(2)13-7-4-10-11(5-6-12(18)15(10)20)17(13,3)9-8-14(16)19/h5-6,13-14,19H,4,7-9H2,1-3H3/t13-,14-,17+/m1/s1. The lowest BCUT2D eigenvalue weighted by Gasteiger charge is -2.56. The fourth-order valence-electron chi connectivity index (χ4n) is 4.73. The molecule has 3 atom stereocenters. The van der Waals surface area contributed by atoms with Crippen LogP contribution in [0.5, 0.6) is 0 Å². The first-order valence-electron chi connectivity index (χ1n) is 7.47. The van der Waals surface area contributed by atoms with Gasteiger partial charge in [0.15, 0.2) is 0 Å². The topological polar surface area (TPSA) is 54.4 Å². The van der Waals surface area contributed by atoms with Crippen molar-refractivity contribution in [1.29, 1.82) is 0 Å². The van der Waals surface area contributed by atoms with Gasteiger partial charge in [0.2, 0.25) is 11.6 Å². The van der Waals surface area contributed by atoms with Crippen LogP contribution >= 0.6 is 0 Å². The van der Waals surface area contributed by atoms with Crippen LogP contribution in [0.4, 0.5) is 0 Å². The highest BCUT2D eigenvalue weighted by atomic mass is 16.3. The molecular formula is C17H22O3. The Bertz CT molecular complexity index is 553. The summed E-state index contributed by atoms with van der Waals surface area (Å²) in [6, 6.07) is 0. The number of hydrogen-bond acceptors (Lipinski definition) is 3. The average molecular weight is 274 g/mol. The predicted octanol–water partition coefficient (Wildman–Crippen LogP) is 2.59. The molecule has 1 fully saturated rings. The maximum Gasteiger partial charge on any atom is 0.229 e. The number of hydrogen-bond donors (Lipinski definition) is 1. The van der Waals surface area contributed by atoms with Crippen molar-refractivity contribution in [2.24, 2.45) is 16.7 Å². The van der Waals surface area contributed by atoms with Crippen molar-refractivity contribution < 1.29 is 14.7 Å². The minimum absolute atomic E-state index is 0.0941. The van der Waals surface area contributed by atoms with Crippen LogP contribution in [0.2, 0.25) is 0 Å². The van der Waals surface area contributed by atoms with Gasteiger partial charge >= 0.3 is 0 Å². The zero-order chi connectivity index (χ0) is 14.7. The van der Waals surface area contributed by atoms with E-state index in [-0.39, 0.29) is 28.5 Å². The molecule has 0 bridgehead atoms. The van der Waals surface area contributed by atoms with Gasteiger partial charge in [-0.05, 0) is 54.1 Å². The lowest BCUT2D eigenvalue weighted by Crippen LogP contribution is -2.52. The highest BCUT2D eigenvalue weighted by Gasteiger charge is 2.54. The summed E-state index contributed by atoms with van der Waals surface area (Å²) in [5, 5.41) is 10.3. The summed E-state index contributed by atoms with van der Waals surface area (Å²) in [4.78, 5) is 23.7. The Morgan fingerprint density at radius 1 is 1.15 bits per heavy atom. The van der Waals surface area contributed by atoms with Gasteiger partial charge in [0, 0.05) is 5.57 Å². The zero-order valence-electron chi connectivity index (χ0n) is 12.4. The molecular weight excluding hydrogens is 252 g/mol. The molecule has 1 saturated carbocycles. The van der Waals surface area contributed by atoms with Crippen LogP contribution in [-0.2, 0) is 9.59 Å². The predicted molar refractivity (Wildman–Crippen MR) is 76.0 cm³/mol. The summed E-state index contributed by atoms with van der Waals surface area (Å²) in [6.45, 7) is 6.46. The molecule has 1 N–H and O–H groups in total. The molecule has 0 aliphatic heterocycles. The number of Topliss-reactive ketones (excluding diaryl/α,β-unsaturated/α-hetero) is 1. The van der Waals surface area contributed by atoms with Crippen LogP contribution < -0.4 is 0 Å². The summed E-state index contributed by atoms with van der Waals surface area (Å²) < 4.78 is 0. The third-order valence-electron chi connectivity index (χ3n) is 5.99. The van der Waals surface area contributed by atoms with Crippen LogP contribution in [0.25, 0.3) is 0 Å². The molecule has 0 heterocycles. The van der Waals surface area contributed by atoms with Crippen LogP contribution in [-0.4, -0.2) is 22.8 Å². The Balaban J connectivity index is 2.10. The Morgan fingerprint density at radius 2 is 1.85 bits per heavy atom. The molecule has 0 aromatic carbocycles. The minimum atomic E-state index is -0.388. The summed E-state index contributed by atoms with van der Waals surface area (Å²) >= 11 is 0. The van der Waals surface area contributed by atoms with E-state index in [0.29, 0.717) is 12.3 Å². The average Bonchev–Trinajstić information content (AvgIpc) is 2.39. The molecule has 3 aliphatic carbocycles. The number of fused-ring (bicyclic) bond motifs is 2. The smallest absolute Gasteiger partial charge is 0.229 e. The molecule has 108 valence electrons. The van der Waals surface area contributed by atoms with E-state index in [9.17, 15) is 14.7 Å². The van der Waals surface area contributed by atoms with Crippen LogP contribution in [0.3, 0.4) is 0 Å². The minimum Gasteiger partial charge on any atom is -0.393 e. The van der Waals surface area contributed by atoms with Crippen molar-refractivity contribution in [3.63, 3.8) is 0 Å². The molecule has 3 aliphatic rings. The third-order valence-corrected chi connectivity index (χ3v) is 5.99. The van der Waals surface area contributed by atoms with E-state index >= 15 is 0 Å². The normalized spacial score (nSPS) is 39.6. The van der Waals surface area contributed by atoms with Gasteiger partial charge in [-0.1, -0.05) is 26.8 Å². The van der Waals surface area contributed by atoms with Crippen molar-refractivity contribution in [2.75, 3.05) is 0 Å². The Hall–Kier alpha value is -1.22. The fraction of sp³-hybridized carbons (Fsp3) is 0.647. The highest BCUT2D eigenvalue weighted by molar-refractivity contribution is 6.48. The lowest BCUT2D eigenvalue weighted by molar-refractivity contribution is -0.132. The quantitative estimate of drug-likeness (QED) is 0.545. The third kappa shape index (κ3) is 1.62. The number of aliphatic hydroxyl groups excluding tert-OH is 1. The maximum absolute atomic E-state index is 12.1. The molecule has 20 heavy (non-hydrogen) atoms.